The molecular weight excluding hydrogens is 224 g/mol. The van der Waals surface area contributed by atoms with Crippen LogP contribution in [0.3, 0.4) is 0 Å². The van der Waals surface area contributed by atoms with Crippen molar-refractivity contribution in [1.29, 1.82) is 0 Å². The van der Waals surface area contributed by atoms with Gasteiger partial charge in [0.15, 0.2) is 0 Å². The number of aliphatic hydroxyl groups is 1. The molecule has 0 aromatic rings. The van der Waals surface area contributed by atoms with Crippen LogP contribution in [0.25, 0.3) is 0 Å². The van der Waals surface area contributed by atoms with Gasteiger partial charge in [0.25, 0.3) is 0 Å². The smallest absolute Gasteiger partial charge is 0.0695 e. The van der Waals surface area contributed by atoms with Crippen LogP contribution in [0.4, 0.5) is 0 Å². The minimum absolute atomic E-state index is 0.0882. The molecule has 3 heteroatoms. The Morgan fingerprint density at radius 2 is 1.83 bits per heavy atom. The summed E-state index contributed by atoms with van der Waals surface area (Å²) in [6.07, 6.45) is 9.90. The lowest BCUT2D eigenvalue weighted by Gasteiger charge is -2.43. The summed E-state index contributed by atoms with van der Waals surface area (Å²) in [4.78, 5) is 2.63. The van der Waals surface area contributed by atoms with E-state index in [0.29, 0.717) is 12.1 Å². The molecule has 1 aliphatic heterocycles. The van der Waals surface area contributed by atoms with E-state index in [2.05, 4.69) is 17.1 Å². The molecule has 0 amide bonds. The van der Waals surface area contributed by atoms with Crippen LogP contribution in [0.2, 0.25) is 0 Å². The first kappa shape index (κ1) is 14.3. The molecular formula is C15H30N2O. The van der Waals surface area contributed by atoms with Gasteiger partial charge in [-0.15, -0.1) is 0 Å². The molecule has 0 spiro atoms. The normalized spacial score (nSPS) is 35.3. The van der Waals surface area contributed by atoms with Crippen LogP contribution in [0.5, 0.6) is 0 Å². The predicted molar refractivity (Wildman–Crippen MR) is 75.8 cm³/mol. The van der Waals surface area contributed by atoms with Gasteiger partial charge in [-0.05, 0) is 38.8 Å². The van der Waals surface area contributed by atoms with E-state index in [0.717, 1.165) is 19.5 Å². The highest BCUT2D eigenvalue weighted by Gasteiger charge is 2.33. The minimum Gasteiger partial charge on any atom is -0.391 e. The number of hydrogen-bond acceptors (Lipinski definition) is 3. The molecule has 18 heavy (non-hydrogen) atoms. The lowest BCUT2D eigenvalue weighted by molar-refractivity contribution is 0.00442. The summed E-state index contributed by atoms with van der Waals surface area (Å²) in [6.45, 7) is 5.52. The summed E-state index contributed by atoms with van der Waals surface area (Å²) in [7, 11) is 0. The lowest BCUT2D eigenvalue weighted by atomic mass is 9.95. The van der Waals surface area contributed by atoms with Gasteiger partial charge in [-0.1, -0.05) is 32.6 Å². The molecule has 3 atom stereocenters. The Bertz CT molecular complexity index is 235. The first-order valence-corrected chi connectivity index (χ1v) is 7.97. The monoisotopic (exact) mass is 254 g/mol. The van der Waals surface area contributed by atoms with E-state index in [1.807, 2.05) is 0 Å². The van der Waals surface area contributed by atoms with Crippen LogP contribution in [0.15, 0.2) is 0 Å². The van der Waals surface area contributed by atoms with E-state index >= 15 is 0 Å². The van der Waals surface area contributed by atoms with Crippen LogP contribution in [0, 0.1) is 0 Å². The average Bonchev–Trinajstić information content (AvgIpc) is 2.61. The Hall–Kier alpha value is -0.120. The number of likely N-dealkylation sites (tertiary alicyclic amines) is 1. The third-order valence-corrected chi connectivity index (χ3v) is 4.67. The van der Waals surface area contributed by atoms with E-state index in [9.17, 15) is 5.11 Å². The maximum Gasteiger partial charge on any atom is 0.0695 e. The number of nitrogens with one attached hydrogen (secondary N) is 1. The summed E-state index contributed by atoms with van der Waals surface area (Å²) in [5.41, 5.74) is 0. The van der Waals surface area contributed by atoms with E-state index in [1.54, 1.807) is 0 Å². The fourth-order valence-electron chi connectivity index (χ4n) is 3.64. The molecule has 3 nitrogen and oxygen atoms in total. The Morgan fingerprint density at radius 3 is 2.67 bits per heavy atom. The van der Waals surface area contributed by atoms with E-state index in [-0.39, 0.29) is 6.10 Å². The largest absolute Gasteiger partial charge is 0.391 e. The highest BCUT2D eigenvalue weighted by atomic mass is 16.3. The Kier molecular flexibility index (Phi) is 5.93. The molecule has 1 aliphatic carbocycles. The molecule has 2 fully saturated rings. The second kappa shape index (κ2) is 7.46. The summed E-state index contributed by atoms with van der Waals surface area (Å²) >= 11 is 0. The van der Waals surface area contributed by atoms with Crippen molar-refractivity contribution < 1.29 is 5.11 Å². The van der Waals surface area contributed by atoms with Crippen molar-refractivity contribution in [2.24, 2.45) is 0 Å². The lowest BCUT2D eigenvalue weighted by Crippen LogP contribution is -2.54. The molecule has 106 valence electrons. The van der Waals surface area contributed by atoms with Gasteiger partial charge in [0.05, 0.1) is 6.10 Å². The summed E-state index contributed by atoms with van der Waals surface area (Å²) in [5, 5.41) is 13.9. The molecule has 1 saturated carbocycles. The topological polar surface area (TPSA) is 35.5 Å². The zero-order valence-corrected chi connectivity index (χ0v) is 11.9. The zero-order valence-electron chi connectivity index (χ0n) is 11.9. The predicted octanol–water partition coefficient (Wildman–Crippen LogP) is 2.14. The van der Waals surface area contributed by atoms with Gasteiger partial charge in [-0.25, -0.2) is 0 Å². The molecule has 2 aliphatic rings. The number of hydrogen-bond donors (Lipinski definition) is 2. The fourth-order valence-corrected chi connectivity index (χ4v) is 3.64. The Balaban J connectivity index is 1.97. The molecule has 1 heterocycles. The Morgan fingerprint density at radius 1 is 1.06 bits per heavy atom. The van der Waals surface area contributed by atoms with Gasteiger partial charge in [-0.2, -0.15) is 0 Å². The minimum atomic E-state index is -0.0882. The van der Waals surface area contributed by atoms with Gasteiger partial charge < -0.3 is 10.4 Å². The van der Waals surface area contributed by atoms with E-state index < -0.39 is 0 Å². The molecule has 0 radical (unpaired) electrons. The summed E-state index contributed by atoms with van der Waals surface area (Å²) in [6, 6.07) is 1.08. The van der Waals surface area contributed by atoms with Gasteiger partial charge in [0.1, 0.15) is 0 Å². The summed E-state index contributed by atoms with van der Waals surface area (Å²) in [5.74, 6) is 0. The van der Waals surface area contributed by atoms with Crippen molar-refractivity contribution in [1.82, 2.24) is 10.2 Å². The number of aliphatic hydroxyl groups excluding tert-OH is 1. The fraction of sp³-hybridized carbons (Fsp3) is 1.00. The quantitative estimate of drug-likeness (QED) is 0.755. The van der Waals surface area contributed by atoms with Crippen molar-refractivity contribution in [2.75, 3.05) is 19.6 Å². The van der Waals surface area contributed by atoms with Crippen LogP contribution in [-0.2, 0) is 0 Å². The second-order valence-electron chi connectivity index (χ2n) is 5.97. The van der Waals surface area contributed by atoms with Crippen LogP contribution in [0.1, 0.15) is 58.3 Å². The highest BCUT2D eigenvalue weighted by molar-refractivity contribution is 4.89. The summed E-state index contributed by atoms with van der Waals surface area (Å²) < 4.78 is 0. The molecule has 1 saturated heterocycles. The van der Waals surface area contributed by atoms with Gasteiger partial charge in [-0.3, -0.25) is 4.90 Å². The molecule has 2 rings (SSSR count). The zero-order chi connectivity index (χ0) is 12.8. The number of likely N-dealkylation sites (N-methyl/N-ethyl adjacent to an activating group) is 1. The number of piperidine rings is 1. The van der Waals surface area contributed by atoms with Crippen LogP contribution < -0.4 is 5.32 Å². The molecule has 2 N–H and O–H groups in total. The molecule has 0 aromatic carbocycles. The average molecular weight is 254 g/mol. The van der Waals surface area contributed by atoms with Gasteiger partial charge >= 0.3 is 0 Å². The third-order valence-electron chi connectivity index (χ3n) is 4.67. The molecule has 0 bridgehead atoms. The van der Waals surface area contributed by atoms with E-state index in [1.165, 1.54) is 51.5 Å². The molecule has 0 aromatic heterocycles. The van der Waals surface area contributed by atoms with Crippen molar-refractivity contribution in [2.45, 2.75) is 76.5 Å². The van der Waals surface area contributed by atoms with Gasteiger partial charge in [0.2, 0.25) is 0 Å². The standard InChI is InChI=1S/C15H30N2O/c1-2-16-12-13-8-6-7-11-17(13)14-9-4-3-5-10-15(14)18/h13-16,18H,2-12H2,1H3. The van der Waals surface area contributed by atoms with Crippen molar-refractivity contribution in [3.8, 4) is 0 Å². The maximum absolute atomic E-state index is 10.4. The van der Waals surface area contributed by atoms with Gasteiger partial charge in [0, 0.05) is 18.6 Å². The number of nitrogens with zero attached hydrogens (tertiary/aromatic N) is 1. The first-order chi connectivity index (χ1) is 8.83. The first-order valence-electron chi connectivity index (χ1n) is 7.97. The van der Waals surface area contributed by atoms with Crippen LogP contribution in [-0.4, -0.2) is 47.8 Å². The Labute approximate surface area is 112 Å². The van der Waals surface area contributed by atoms with Crippen molar-refractivity contribution >= 4 is 0 Å². The number of rotatable bonds is 4. The van der Waals surface area contributed by atoms with Crippen molar-refractivity contribution in [3.63, 3.8) is 0 Å². The maximum atomic E-state index is 10.4. The SMILES string of the molecule is CCNCC1CCCCN1C1CCCCCC1O. The second-order valence-corrected chi connectivity index (χ2v) is 5.97. The van der Waals surface area contributed by atoms with Crippen LogP contribution >= 0.6 is 0 Å². The molecule has 3 unspecified atom stereocenters. The third kappa shape index (κ3) is 3.69. The van der Waals surface area contributed by atoms with E-state index in [4.69, 9.17) is 0 Å². The van der Waals surface area contributed by atoms with Crippen molar-refractivity contribution in [3.05, 3.63) is 0 Å². The highest BCUT2D eigenvalue weighted by Crippen LogP contribution is 2.28.